The van der Waals surface area contributed by atoms with Crippen molar-refractivity contribution in [1.82, 2.24) is 6.15 Å². The molecule has 0 atom stereocenters. The maximum Gasteiger partial charge on any atom is -0.0533 e. The fourth-order valence-corrected chi connectivity index (χ4v) is 0.354. The van der Waals surface area contributed by atoms with Crippen LogP contribution in [-0.2, 0) is 0 Å². The molecule has 0 aromatic carbocycles. The van der Waals surface area contributed by atoms with Crippen molar-refractivity contribution >= 4 is 0 Å². The van der Waals surface area contributed by atoms with Crippen LogP contribution in [0.25, 0.3) is 0 Å². The monoisotopic (exact) mass is 101 g/mol. The Morgan fingerprint density at radius 3 is 1.29 bits per heavy atom. The summed E-state index contributed by atoms with van der Waals surface area (Å²) in [6.07, 6.45) is 4.61. The number of unbranched alkanes of at least 4 members (excludes halogenated alkanes) is 3. The Kier molecular flexibility index (Phi) is 13.4. The van der Waals surface area contributed by atoms with Gasteiger partial charge in [-0.25, -0.2) is 0 Å². The molecule has 0 saturated heterocycles. The first-order valence-electron chi connectivity index (χ1n) is 2.50. The molecule has 0 amide bonds. The van der Waals surface area contributed by atoms with Crippen molar-refractivity contribution in [3.05, 3.63) is 13.8 Å². The van der Waals surface area contributed by atoms with Gasteiger partial charge in [0, 0.05) is 0 Å². The molecule has 0 heterocycles. The summed E-state index contributed by atoms with van der Waals surface area (Å²) in [5.41, 5.74) is 0. The Morgan fingerprint density at radius 1 is 0.857 bits per heavy atom. The molecule has 1 heteroatoms. The summed E-state index contributed by atoms with van der Waals surface area (Å²) in [4.78, 5) is 0. The lowest BCUT2D eigenvalue weighted by Gasteiger charge is -1.85. The predicted molar refractivity (Wildman–Crippen MR) is 34.2 cm³/mol. The van der Waals surface area contributed by atoms with Crippen LogP contribution in [0.2, 0.25) is 0 Å². The second-order valence-electron chi connectivity index (χ2n) is 1.41. The second kappa shape index (κ2) is 9.35. The summed E-state index contributed by atoms with van der Waals surface area (Å²) in [6, 6.07) is 0. The Hall–Kier alpha value is -0.0400. The molecule has 0 aromatic heterocycles. The van der Waals surface area contributed by atoms with Gasteiger partial charge >= 0.3 is 0 Å². The van der Waals surface area contributed by atoms with Crippen LogP contribution in [0, 0.1) is 13.8 Å². The molecule has 0 aliphatic rings. The average Bonchev–Trinajstić information content (AvgIpc) is 1.61. The largest absolute Gasteiger partial charge is 0.344 e. The molecule has 7 heavy (non-hydrogen) atoms. The lowest BCUT2D eigenvalue weighted by atomic mass is 10.2. The highest BCUT2D eigenvalue weighted by atomic mass is 14.0. The summed E-state index contributed by atoms with van der Waals surface area (Å²) in [7, 11) is 0. The van der Waals surface area contributed by atoms with Gasteiger partial charge in [0.2, 0.25) is 0 Å². The summed E-state index contributed by atoms with van der Waals surface area (Å²) in [5, 5.41) is 0. The molecule has 0 saturated carbocycles. The van der Waals surface area contributed by atoms with Crippen molar-refractivity contribution in [3.8, 4) is 0 Å². The first-order valence-corrected chi connectivity index (χ1v) is 2.50. The van der Waals surface area contributed by atoms with E-state index in [1.807, 2.05) is 0 Å². The van der Waals surface area contributed by atoms with Gasteiger partial charge in [0.05, 0.1) is 0 Å². The fourth-order valence-electron chi connectivity index (χ4n) is 0.354. The Balaban J connectivity index is 0. The van der Waals surface area contributed by atoms with Gasteiger partial charge in [0.1, 0.15) is 0 Å². The number of hydrogen-bond donors (Lipinski definition) is 1. The Morgan fingerprint density at radius 2 is 1.14 bits per heavy atom. The lowest BCUT2D eigenvalue weighted by Crippen LogP contribution is -1.66. The van der Waals surface area contributed by atoms with E-state index in [1.165, 1.54) is 12.8 Å². The van der Waals surface area contributed by atoms with Crippen molar-refractivity contribution in [2.45, 2.75) is 25.7 Å². The molecule has 0 aliphatic carbocycles. The van der Waals surface area contributed by atoms with Crippen LogP contribution in [0.1, 0.15) is 25.7 Å². The Labute approximate surface area is 46.7 Å². The van der Waals surface area contributed by atoms with Crippen molar-refractivity contribution < 1.29 is 0 Å². The molecule has 2 radical (unpaired) electrons. The topological polar surface area (TPSA) is 35.0 Å². The zero-order valence-corrected chi connectivity index (χ0v) is 4.95. The fraction of sp³-hybridized carbons (Fsp3) is 0.667. The predicted octanol–water partition coefficient (Wildman–Crippen LogP) is 2.38. The van der Waals surface area contributed by atoms with E-state index in [-0.39, 0.29) is 6.15 Å². The van der Waals surface area contributed by atoms with E-state index in [1.54, 1.807) is 0 Å². The van der Waals surface area contributed by atoms with Crippen molar-refractivity contribution in [3.63, 3.8) is 0 Å². The highest BCUT2D eigenvalue weighted by Gasteiger charge is 1.75. The molecule has 0 rings (SSSR count). The standard InChI is InChI=1S/C6H12.H3N/c1-3-5-6-4-2;/h1-6H2;1H3. The van der Waals surface area contributed by atoms with E-state index in [0.29, 0.717) is 0 Å². The molecule has 0 bridgehead atoms. The van der Waals surface area contributed by atoms with Gasteiger partial charge in [-0.2, -0.15) is 0 Å². The molecule has 0 aliphatic heterocycles. The minimum Gasteiger partial charge on any atom is -0.344 e. The van der Waals surface area contributed by atoms with Crippen LogP contribution < -0.4 is 6.15 Å². The third kappa shape index (κ3) is 10.7. The van der Waals surface area contributed by atoms with Crippen LogP contribution in [0.5, 0.6) is 0 Å². The van der Waals surface area contributed by atoms with Gasteiger partial charge < -0.3 is 6.15 Å². The molecular formula is C6H15N. The molecule has 3 N–H and O–H groups in total. The molecule has 0 fully saturated rings. The maximum absolute atomic E-state index is 3.70. The third-order valence-electron chi connectivity index (χ3n) is 0.750. The molecule has 0 unspecified atom stereocenters. The normalized spacial score (nSPS) is 7.71. The second-order valence-corrected chi connectivity index (χ2v) is 1.41. The molecule has 0 aromatic rings. The zero-order valence-electron chi connectivity index (χ0n) is 4.95. The maximum atomic E-state index is 3.70. The average molecular weight is 101 g/mol. The van der Waals surface area contributed by atoms with E-state index in [2.05, 4.69) is 13.8 Å². The quantitative estimate of drug-likeness (QED) is 0.544. The summed E-state index contributed by atoms with van der Waals surface area (Å²) >= 11 is 0. The van der Waals surface area contributed by atoms with E-state index in [9.17, 15) is 0 Å². The molecule has 1 nitrogen and oxygen atoms in total. The first-order chi connectivity index (χ1) is 2.91. The van der Waals surface area contributed by atoms with Gasteiger partial charge in [-0.05, 0) is 0 Å². The van der Waals surface area contributed by atoms with E-state index < -0.39 is 0 Å². The van der Waals surface area contributed by atoms with Gasteiger partial charge in [-0.15, -0.1) is 0 Å². The van der Waals surface area contributed by atoms with Crippen LogP contribution in [0.4, 0.5) is 0 Å². The van der Waals surface area contributed by atoms with Crippen LogP contribution in [0.3, 0.4) is 0 Å². The van der Waals surface area contributed by atoms with Gasteiger partial charge in [0.15, 0.2) is 0 Å². The smallest absolute Gasteiger partial charge is 0.0533 e. The van der Waals surface area contributed by atoms with Crippen molar-refractivity contribution in [2.75, 3.05) is 0 Å². The number of hydrogen-bond acceptors (Lipinski definition) is 1. The summed E-state index contributed by atoms with van der Waals surface area (Å²) in [6.45, 7) is 7.39. The highest BCUT2D eigenvalue weighted by Crippen LogP contribution is 1.94. The van der Waals surface area contributed by atoms with E-state index >= 15 is 0 Å². The Bertz CT molecular complexity index is 16.1. The summed E-state index contributed by atoms with van der Waals surface area (Å²) in [5.74, 6) is 0. The molecule has 0 spiro atoms. The first kappa shape index (κ1) is 10.0. The minimum absolute atomic E-state index is 0. The van der Waals surface area contributed by atoms with Crippen LogP contribution in [-0.4, -0.2) is 0 Å². The van der Waals surface area contributed by atoms with Gasteiger partial charge in [-0.3, -0.25) is 0 Å². The van der Waals surface area contributed by atoms with Crippen LogP contribution in [0.15, 0.2) is 0 Å². The van der Waals surface area contributed by atoms with Crippen molar-refractivity contribution in [1.29, 1.82) is 0 Å². The van der Waals surface area contributed by atoms with Crippen LogP contribution >= 0.6 is 0 Å². The number of rotatable bonds is 3. The lowest BCUT2D eigenvalue weighted by molar-refractivity contribution is 0.759. The molecular weight excluding hydrogens is 86.1 g/mol. The summed E-state index contributed by atoms with van der Waals surface area (Å²) < 4.78 is 0. The molecule has 44 valence electrons. The van der Waals surface area contributed by atoms with E-state index in [0.717, 1.165) is 12.8 Å². The zero-order chi connectivity index (χ0) is 4.83. The minimum atomic E-state index is 0. The van der Waals surface area contributed by atoms with Gasteiger partial charge in [-0.1, -0.05) is 39.5 Å². The van der Waals surface area contributed by atoms with Gasteiger partial charge in [0.25, 0.3) is 0 Å². The third-order valence-corrected chi connectivity index (χ3v) is 0.750. The van der Waals surface area contributed by atoms with E-state index in [4.69, 9.17) is 0 Å². The van der Waals surface area contributed by atoms with Crippen molar-refractivity contribution in [2.24, 2.45) is 0 Å². The SMILES string of the molecule is N.[CH2]CCCC[CH2]. The highest BCUT2D eigenvalue weighted by molar-refractivity contribution is 4.43.